The van der Waals surface area contributed by atoms with E-state index in [9.17, 15) is 18.4 Å². The highest BCUT2D eigenvalue weighted by Gasteiger charge is 2.50. The Hall–Kier alpha value is -2.80. The fourth-order valence-electron chi connectivity index (χ4n) is 6.83. The van der Waals surface area contributed by atoms with E-state index in [1.165, 1.54) is 24.8 Å². The zero-order valence-corrected chi connectivity index (χ0v) is 22.1. The van der Waals surface area contributed by atoms with E-state index in [1.807, 2.05) is 23.1 Å². The summed E-state index contributed by atoms with van der Waals surface area (Å²) in [6, 6.07) is 11.8. The van der Waals surface area contributed by atoms with Crippen molar-refractivity contribution in [2.24, 2.45) is 5.92 Å². The van der Waals surface area contributed by atoms with Crippen LogP contribution in [0, 0.1) is 17.6 Å². The summed E-state index contributed by atoms with van der Waals surface area (Å²) in [7, 11) is 1.43. The molecule has 0 radical (unpaired) electrons. The van der Waals surface area contributed by atoms with Crippen molar-refractivity contribution < 1.29 is 23.1 Å². The normalized spacial score (nSPS) is 25.4. The van der Waals surface area contributed by atoms with Crippen LogP contribution in [-0.4, -0.2) is 60.5 Å². The van der Waals surface area contributed by atoms with E-state index in [4.69, 9.17) is 4.74 Å². The van der Waals surface area contributed by atoms with Crippen molar-refractivity contribution in [2.45, 2.75) is 62.8 Å². The minimum atomic E-state index is -0.613. The largest absolute Gasteiger partial charge is 0.469 e. The Labute approximate surface area is 217 Å². The van der Waals surface area contributed by atoms with Crippen LogP contribution in [0.1, 0.15) is 68.6 Å². The Kier molecular flexibility index (Phi) is 6.63. The molecule has 3 atom stereocenters. The lowest BCUT2D eigenvalue weighted by Gasteiger charge is -2.41. The molecule has 0 aromatic heterocycles. The maximum absolute atomic E-state index is 14.9. The minimum absolute atomic E-state index is 0.0334. The summed E-state index contributed by atoms with van der Waals surface area (Å²) < 4.78 is 33.6. The van der Waals surface area contributed by atoms with Crippen LogP contribution in [0.4, 0.5) is 8.78 Å². The van der Waals surface area contributed by atoms with Gasteiger partial charge in [0.15, 0.2) is 0 Å². The van der Waals surface area contributed by atoms with Crippen LogP contribution >= 0.6 is 0 Å². The summed E-state index contributed by atoms with van der Waals surface area (Å²) in [5.74, 6) is -2.38. The Morgan fingerprint density at radius 2 is 1.70 bits per heavy atom. The van der Waals surface area contributed by atoms with E-state index in [2.05, 4.69) is 31.7 Å². The number of carbonyl (C=O) groups is 2. The van der Waals surface area contributed by atoms with Crippen molar-refractivity contribution in [2.75, 3.05) is 33.3 Å². The van der Waals surface area contributed by atoms with Crippen molar-refractivity contribution in [3.63, 3.8) is 0 Å². The van der Waals surface area contributed by atoms with Gasteiger partial charge in [-0.2, -0.15) is 0 Å². The van der Waals surface area contributed by atoms with Gasteiger partial charge in [0.1, 0.15) is 11.6 Å². The number of likely N-dealkylation sites (tertiary alicyclic amines) is 2. The summed E-state index contributed by atoms with van der Waals surface area (Å²) in [6.07, 6.45) is 2.24. The fraction of sp³-hybridized carbons (Fsp3) is 0.533. The van der Waals surface area contributed by atoms with Crippen LogP contribution in [0.3, 0.4) is 0 Å². The number of esters is 1. The average molecular weight is 511 g/mol. The molecule has 2 heterocycles. The highest BCUT2D eigenvalue weighted by molar-refractivity contribution is 5.82. The molecule has 2 fully saturated rings. The first-order valence-corrected chi connectivity index (χ1v) is 13.2. The Balaban J connectivity index is 1.37. The van der Waals surface area contributed by atoms with E-state index in [-0.39, 0.29) is 34.7 Å². The van der Waals surface area contributed by atoms with Gasteiger partial charge in [0.25, 0.3) is 0 Å². The van der Waals surface area contributed by atoms with Gasteiger partial charge in [-0.1, -0.05) is 30.3 Å². The first-order chi connectivity index (χ1) is 17.5. The van der Waals surface area contributed by atoms with Crippen LogP contribution in [0.25, 0.3) is 0 Å². The number of hydrogen-bond donors (Lipinski definition) is 0. The zero-order chi connectivity index (χ0) is 26.5. The van der Waals surface area contributed by atoms with Crippen molar-refractivity contribution in [3.05, 3.63) is 70.8 Å². The summed E-state index contributed by atoms with van der Waals surface area (Å²) in [4.78, 5) is 30.6. The molecule has 1 aliphatic carbocycles. The molecule has 3 aliphatic rings. The van der Waals surface area contributed by atoms with Gasteiger partial charge in [-0.25, -0.2) is 8.78 Å². The standard InChI is InChI=1S/C30H36F2N2O3/c1-29(2,3)34-17-23(21-10-9-19(31)15-26(21)32)24(18-34)27(35)33-13-11-30(12-14-33)16-22(28(36)37-4)20-7-5-6-8-25(20)30/h5-10,15,22-24H,11-14,16-18H2,1-4H3. The molecule has 1 spiro atoms. The second-order valence-electron chi connectivity index (χ2n) is 11.9. The van der Waals surface area contributed by atoms with Crippen LogP contribution < -0.4 is 0 Å². The lowest BCUT2D eigenvalue weighted by molar-refractivity contribution is -0.143. The number of piperidine rings is 1. The van der Waals surface area contributed by atoms with Gasteiger partial charge >= 0.3 is 5.97 Å². The predicted molar refractivity (Wildman–Crippen MR) is 137 cm³/mol. The van der Waals surface area contributed by atoms with Crippen molar-refractivity contribution in [3.8, 4) is 0 Å². The molecule has 2 aliphatic heterocycles. The zero-order valence-electron chi connectivity index (χ0n) is 22.1. The van der Waals surface area contributed by atoms with Crippen molar-refractivity contribution in [1.82, 2.24) is 9.80 Å². The molecule has 0 saturated carbocycles. The van der Waals surface area contributed by atoms with Gasteiger partial charge < -0.3 is 9.64 Å². The lowest BCUT2D eigenvalue weighted by atomic mass is 9.73. The topological polar surface area (TPSA) is 49.9 Å². The van der Waals surface area contributed by atoms with Crippen LogP contribution in [0.15, 0.2) is 42.5 Å². The monoisotopic (exact) mass is 510 g/mol. The molecule has 5 rings (SSSR count). The first-order valence-electron chi connectivity index (χ1n) is 13.2. The molecule has 0 bridgehead atoms. The first kappa shape index (κ1) is 25.8. The number of halogens is 2. The van der Waals surface area contributed by atoms with Crippen LogP contribution in [0.2, 0.25) is 0 Å². The second-order valence-corrected chi connectivity index (χ2v) is 11.9. The number of ether oxygens (including phenoxy) is 1. The predicted octanol–water partition coefficient (Wildman–Crippen LogP) is 5.00. The Bertz CT molecular complexity index is 1200. The average Bonchev–Trinajstić information content (AvgIpc) is 3.45. The number of benzene rings is 2. The van der Waals surface area contributed by atoms with Crippen LogP contribution in [-0.2, 0) is 19.7 Å². The van der Waals surface area contributed by atoms with Crippen molar-refractivity contribution >= 4 is 11.9 Å². The maximum atomic E-state index is 14.9. The lowest BCUT2D eigenvalue weighted by Crippen LogP contribution is -2.48. The summed E-state index contributed by atoms with van der Waals surface area (Å²) >= 11 is 0. The summed E-state index contributed by atoms with van der Waals surface area (Å²) in [5, 5.41) is 0. The van der Waals surface area contributed by atoms with Gasteiger partial charge in [-0.15, -0.1) is 0 Å². The highest BCUT2D eigenvalue weighted by atomic mass is 19.1. The minimum Gasteiger partial charge on any atom is -0.469 e. The molecule has 2 saturated heterocycles. The number of fused-ring (bicyclic) bond motifs is 2. The second kappa shape index (κ2) is 9.50. The Morgan fingerprint density at radius 3 is 2.35 bits per heavy atom. The molecule has 7 heteroatoms. The molecular weight excluding hydrogens is 474 g/mol. The van der Waals surface area contributed by atoms with Crippen molar-refractivity contribution in [1.29, 1.82) is 0 Å². The molecular formula is C30H36F2N2O3. The molecule has 3 unspecified atom stereocenters. The van der Waals surface area contributed by atoms with E-state index in [1.54, 1.807) is 0 Å². The van der Waals surface area contributed by atoms with Gasteiger partial charge in [0.2, 0.25) is 5.91 Å². The van der Waals surface area contributed by atoms with Gasteiger partial charge in [0, 0.05) is 49.1 Å². The highest BCUT2D eigenvalue weighted by Crippen LogP contribution is 2.52. The third kappa shape index (κ3) is 4.56. The molecule has 1 amide bonds. The molecule has 0 N–H and O–H groups in total. The molecule has 198 valence electrons. The molecule has 2 aromatic rings. The molecule has 5 nitrogen and oxygen atoms in total. The number of rotatable bonds is 3. The Morgan fingerprint density at radius 1 is 1.00 bits per heavy atom. The van der Waals surface area contributed by atoms with E-state index in [0.717, 1.165) is 24.5 Å². The molecule has 37 heavy (non-hydrogen) atoms. The van der Waals surface area contributed by atoms with E-state index < -0.39 is 17.6 Å². The van der Waals surface area contributed by atoms with Gasteiger partial charge in [0.05, 0.1) is 18.9 Å². The van der Waals surface area contributed by atoms with E-state index in [0.29, 0.717) is 38.2 Å². The quantitative estimate of drug-likeness (QED) is 0.546. The fourth-order valence-corrected chi connectivity index (χ4v) is 6.83. The number of nitrogens with zero attached hydrogens (tertiary/aromatic N) is 2. The number of methoxy groups -OCH3 is 1. The van der Waals surface area contributed by atoms with Gasteiger partial charge in [-0.3, -0.25) is 14.5 Å². The number of hydrogen-bond acceptors (Lipinski definition) is 4. The smallest absolute Gasteiger partial charge is 0.313 e. The number of carbonyl (C=O) groups excluding carboxylic acids is 2. The van der Waals surface area contributed by atoms with Gasteiger partial charge in [-0.05, 0) is 62.8 Å². The third-order valence-electron chi connectivity index (χ3n) is 8.97. The summed E-state index contributed by atoms with van der Waals surface area (Å²) in [5.41, 5.74) is 2.32. The third-order valence-corrected chi connectivity index (χ3v) is 8.97. The molecule has 2 aromatic carbocycles. The summed E-state index contributed by atoms with van der Waals surface area (Å²) in [6.45, 7) is 8.55. The van der Waals surface area contributed by atoms with Crippen LogP contribution in [0.5, 0.6) is 0 Å². The maximum Gasteiger partial charge on any atom is 0.313 e. The van der Waals surface area contributed by atoms with E-state index >= 15 is 0 Å². The number of amides is 1. The SMILES string of the molecule is COC(=O)C1CC2(CCN(C(=O)C3CN(C(C)(C)C)CC3c3ccc(F)cc3F)CC2)c2ccccc21.